The number of carbonyl (C=O) groups is 1. The molecule has 2 aliphatic rings. The fourth-order valence-corrected chi connectivity index (χ4v) is 5.02. The summed E-state index contributed by atoms with van der Waals surface area (Å²) in [5, 5.41) is 8.89. The van der Waals surface area contributed by atoms with E-state index in [0.29, 0.717) is 11.3 Å². The van der Waals surface area contributed by atoms with Crippen LogP contribution in [-0.4, -0.2) is 31.9 Å². The first-order valence-corrected chi connectivity index (χ1v) is 7.85. The zero-order chi connectivity index (χ0) is 13.6. The van der Waals surface area contributed by atoms with E-state index in [1.165, 1.54) is 0 Å². The molecule has 1 aromatic carbocycles. The van der Waals surface area contributed by atoms with Gasteiger partial charge < -0.3 is 4.90 Å². The summed E-state index contributed by atoms with van der Waals surface area (Å²) < 4.78 is 23.3. The van der Waals surface area contributed by atoms with Crippen molar-refractivity contribution in [2.75, 3.05) is 16.4 Å². The van der Waals surface area contributed by atoms with Gasteiger partial charge in [-0.3, -0.25) is 4.79 Å². The maximum Gasteiger partial charge on any atom is 0.227 e. The molecule has 19 heavy (non-hydrogen) atoms. The quantitative estimate of drug-likeness (QED) is 0.756. The molecule has 2 fully saturated rings. The Morgan fingerprint density at radius 1 is 1.32 bits per heavy atom. The molecule has 1 aromatic rings. The fraction of sp³-hybridized carbons (Fsp3) is 0.385. The molecule has 0 bridgehead atoms. The van der Waals surface area contributed by atoms with Crippen molar-refractivity contribution in [1.29, 1.82) is 5.26 Å². The molecule has 1 amide bonds. The zero-order valence-corrected chi connectivity index (χ0v) is 10.9. The number of amides is 1. The predicted molar refractivity (Wildman–Crippen MR) is 69.2 cm³/mol. The second-order valence-electron chi connectivity index (χ2n) is 5.03. The van der Waals surface area contributed by atoms with Crippen LogP contribution in [0.1, 0.15) is 12.0 Å². The lowest BCUT2D eigenvalue weighted by Gasteiger charge is -2.23. The summed E-state index contributed by atoms with van der Waals surface area (Å²) in [4.78, 5) is 13.6. The van der Waals surface area contributed by atoms with Crippen molar-refractivity contribution in [2.24, 2.45) is 5.92 Å². The third kappa shape index (κ3) is 2.00. The van der Waals surface area contributed by atoms with E-state index in [9.17, 15) is 13.2 Å². The Kier molecular flexibility index (Phi) is 2.61. The summed E-state index contributed by atoms with van der Waals surface area (Å²) in [5.74, 6) is -0.0406. The first kappa shape index (κ1) is 12.2. The second-order valence-corrected chi connectivity index (χ2v) is 7.19. The largest absolute Gasteiger partial charge is 0.308 e. The van der Waals surface area contributed by atoms with Crippen LogP contribution >= 0.6 is 0 Å². The van der Waals surface area contributed by atoms with Crippen LogP contribution in [0.15, 0.2) is 24.3 Å². The first-order chi connectivity index (χ1) is 9.00. The van der Waals surface area contributed by atoms with E-state index in [0.717, 1.165) is 0 Å². The molecule has 2 atom stereocenters. The van der Waals surface area contributed by atoms with E-state index in [4.69, 9.17) is 5.26 Å². The van der Waals surface area contributed by atoms with Crippen LogP contribution in [0.5, 0.6) is 0 Å². The minimum Gasteiger partial charge on any atom is -0.308 e. The van der Waals surface area contributed by atoms with Gasteiger partial charge in [0, 0.05) is 18.0 Å². The Balaban J connectivity index is 2.00. The van der Waals surface area contributed by atoms with Gasteiger partial charge in [-0.05, 0) is 18.2 Å². The number of benzene rings is 1. The Morgan fingerprint density at radius 2 is 2.11 bits per heavy atom. The highest BCUT2D eigenvalue weighted by atomic mass is 32.2. The number of fused-ring (bicyclic) bond motifs is 1. The topological polar surface area (TPSA) is 78.2 Å². The molecule has 6 heteroatoms. The van der Waals surface area contributed by atoms with Gasteiger partial charge in [0.2, 0.25) is 5.91 Å². The highest BCUT2D eigenvalue weighted by Gasteiger charge is 2.49. The van der Waals surface area contributed by atoms with Crippen molar-refractivity contribution in [3.63, 3.8) is 0 Å². The van der Waals surface area contributed by atoms with Gasteiger partial charge in [-0.2, -0.15) is 5.26 Å². The molecule has 0 aromatic heterocycles. The molecule has 0 radical (unpaired) electrons. The molecule has 0 saturated carbocycles. The van der Waals surface area contributed by atoms with Crippen LogP contribution in [0.4, 0.5) is 5.69 Å². The average molecular weight is 276 g/mol. The maximum atomic E-state index is 12.0. The molecule has 0 aliphatic carbocycles. The average Bonchev–Trinajstić information content (AvgIpc) is 2.79. The molecule has 0 N–H and O–H groups in total. The highest BCUT2D eigenvalue weighted by molar-refractivity contribution is 7.91. The molecule has 3 rings (SSSR count). The Hall–Kier alpha value is -1.87. The van der Waals surface area contributed by atoms with Crippen molar-refractivity contribution < 1.29 is 13.2 Å². The van der Waals surface area contributed by atoms with Crippen molar-refractivity contribution >= 4 is 21.4 Å². The lowest BCUT2D eigenvalue weighted by atomic mass is 10.0. The molecule has 2 heterocycles. The van der Waals surface area contributed by atoms with Crippen molar-refractivity contribution in [2.45, 2.75) is 12.5 Å². The molecule has 0 spiro atoms. The molecule has 0 unspecified atom stereocenters. The Labute approximate surface area is 111 Å². The minimum absolute atomic E-state index is 0.0280. The lowest BCUT2D eigenvalue weighted by Crippen LogP contribution is -2.36. The first-order valence-electron chi connectivity index (χ1n) is 6.03. The third-order valence-electron chi connectivity index (χ3n) is 3.73. The number of anilines is 1. The van der Waals surface area contributed by atoms with Gasteiger partial charge >= 0.3 is 0 Å². The smallest absolute Gasteiger partial charge is 0.227 e. The number of nitrogens with zero attached hydrogens (tertiary/aromatic N) is 2. The fourth-order valence-electron chi connectivity index (χ4n) is 2.95. The summed E-state index contributed by atoms with van der Waals surface area (Å²) >= 11 is 0. The maximum absolute atomic E-state index is 12.0. The van der Waals surface area contributed by atoms with Gasteiger partial charge in [-0.15, -0.1) is 0 Å². The van der Waals surface area contributed by atoms with Crippen LogP contribution in [-0.2, 0) is 14.6 Å². The number of hydrogen-bond acceptors (Lipinski definition) is 4. The zero-order valence-electron chi connectivity index (χ0n) is 10.1. The molecular formula is C13H12N2O3S. The van der Waals surface area contributed by atoms with Gasteiger partial charge in [0.25, 0.3) is 0 Å². The van der Waals surface area contributed by atoms with Crippen LogP contribution in [0, 0.1) is 17.2 Å². The minimum atomic E-state index is -3.04. The number of hydrogen-bond donors (Lipinski definition) is 0. The van der Waals surface area contributed by atoms with Gasteiger partial charge in [-0.1, -0.05) is 6.07 Å². The van der Waals surface area contributed by atoms with Crippen LogP contribution in [0.25, 0.3) is 0 Å². The van der Waals surface area contributed by atoms with Crippen LogP contribution in [0.2, 0.25) is 0 Å². The molecule has 98 valence electrons. The second kappa shape index (κ2) is 4.07. The summed E-state index contributed by atoms with van der Waals surface area (Å²) in [5.41, 5.74) is 1.09. The summed E-state index contributed by atoms with van der Waals surface area (Å²) in [7, 11) is -3.04. The SMILES string of the molecule is N#Cc1cccc(N2C(=O)C[C@H]3CS(=O)(=O)C[C@H]32)c1. The summed E-state index contributed by atoms with van der Waals surface area (Å²) in [6, 6.07) is 8.49. The monoisotopic (exact) mass is 276 g/mol. The van der Waals surface area contributed by atoms with Crippen molar-refractivity contribution in [1.82, 2.24) is 0 Å². The van der Waals surface area contributed by atoms with Crippen LogP contribution in [0.3, 0.4) is 0 Å². The third-order valence-corrected chi connectivity index (χ3v) is 5.51. The Morgan fingerprint density at radius 3 is 2.84 bits per heavy atom. The Bertz CT molecular complexity index is 690. The van der Waals surface area contributed by atoms with Crippen molar-refractivity contribution in [3.05, 3.63) is 29.8 Å². The summed E-state index contributed by atoms with van der Waals surface area (Å²) in [6.45, 7) is 0. The molecular weight excluding hydrogens is 264 g/mol. The predicted octanol–water partition coefficient (Wildman–Crippen LogP) is 0.708. The van der Waals surface area contributed by atoms with E-state index in [1.54, 1.807) is 29.2 Å². The summed E-state index contributed by atoms with van der Waals surface area (Å²) in [6.07, 6.45) is 0.278. The number of carbonyl (C=O) groups excluding carboxylic acids is 1. The van der Waals surface area contributed by atoms with E-state index in [2.05, 4.69) is 0 Å². The standard InChI is InChI=1S/C13H12N2O3S/c14-6-9-2-1-3-11(4-9)15-12-8-19(17,18)7-10(12)5-13(15)16/h1-4,10,12H,5,7-8H2/t10-,12+/m0/s1. The van der Waals surface area contributed by atoms with Crippen molar-refractivity contribution in [3.8, 4) is 6.07 Å². The van der Waals surface area contributed by atoms with Gasteiger partial charge in [0.15, 0.2) is 9.84 Å². The normalized spacial score (nSPS) is 28.2. The number of nitriles is 1. The van der Waals surface area contributed by atoms with Crippen LogP contribution < -0.4 is 4.90 Å². The van der Waals surface area contributed by atoms with E-state index < -0.39 is 9.84 Å². The van der Waals surface area contributed by atoms with E-state index in [1.807, 2.05) is 6.07 Å². The number of sulfone groups is 1. The lowest BCUT2D eigenvalue weighted by molar-refractivity contribution is -0.117. The van der Waals surface area contributed by atoms with E-state index in [-0.39, 0.29) is 35.8 Å². The number of rotatable bonds is 1. The molecule has 2 saturated heterocycles. The van der Waals surface area contributed by atoms with E-state index >= 15 is 0 Å². The van der Waals surface area contributed by atoms with Gasteiger partial charge in [-0.25, -0.2) is 8.42 Å². The van der Waals surface area contributed by atoms with Gasteiger partial charge in [0.05, 0.1) is 29.2 Å². The highest BCUT2D eigenvalue weighted by Crippen LogP contribution is 2.37. The van der Waals surface area contributed by atoms with Gasteiger partial charge in [0.1, 0.15) is 0 Å². The molecule has 5 nitrogen and oxygen atoms in total. The molecule has 2 aliphatic heterocycles.